The van der Waals surface area contributed by atoms with E-state index in [1.165, 1.54) is 0 Å². The Bertz CT molecular complexity index is 954. The van der Waals surface area contributed by atoms with E-state index in [1.807, 2.05) is 25.1 Å². The summed E-state index contributed by atoms with van der Waals surface area (Å²) in [4.78, 5) is 22.6. The van der Waals surface area contributed by atoms with Crippen LogP contribution in [0.1, 0.15) is 30.1 Å². The molecule has 2 N–H and O–H groups in total. The molecule has 29 heavy (non-hydrogen) atoms. The van der Waals surface area contributed by atoms with Gasteiger partial charge in [0, 0.05) is 55.5 Å². The van der Waals surface area contributed by atoms with Crippen molar-refractivity contribution in [3.8, 4) is 11.4 Å². The number of aryl methyl sites for hydroxylation is 2. The summed E-state index contributed by atoms with van der Waals surface area (Å²) in [6, 6.07) is 5.61. The van der Waals surface area contributed by atoms with Gasteiger partial charge in [0.25, 0.3) is 0 Å². The summed E-state index contributed by atoms with van der Waals surface area (Å²) in [5.74, 6) is 1.09. The average molecular weight is 396 g/mol. The van der Waals surface area contributed by atoms with Crippen molar-refractivity contribution in [2.24, 2.45) is 5.92 Å². The Kier molecular flexibility index (Phi) is 5.66. The van der Waals surface area contributed by atoms with E-state index in [-0.39, 0.29) is 11.8 Å². The number of rotatable bonds is 7. The first kappa shape index (κ1) is 19.3. The molecule has 1 amide bonds. The van der Waals surface area contributed by atoms with Crippen molar-refractivity contribution >= 4 is 5.91 Å². The molecular weight excluding hydrogens is 372 g/mol. The van der Waals surface area contributed by atoms with E-state index in [0.717, 1.165) is 17.0 Å². The highest BCUT2D eigenvalue weighted by Crippen LogP contribution is 2.22. The second-order valence-corrected chi connectivity index (χ2v) is 7.47. The maximum absolute atomic E-state index is 12.5. The molecule has 0 radical (unpaired) electrons. The number of carbonyl (C=O) groups is 1. The van der Waals surface area contributed by atoms with Crippen molar-refractivity contribution in [3.63, 3.8) is 0 Å². The molecule has 1 aliphatic rings. The Balaban J connectivity index is 1.24. The molecular formula is C20H24N6O3. The Morgan fingerprint density at radius 3 is 2.93 bits per heavy atom. The third kappa shape index (κ3) is 4.68. The highest BCUT2D eigenvalue weighted by atomic mass is 16.5. The fourth-order valence-electron chi connectivity index (χ4n) is 3.63. The lowest BCUT2D eigenvalue weighted by molar-refractivity contribution is -0.130. The zero-order chi connectivity index (χ0) is 20.2. The lowest BCUT2D eigenvalue weighted by Gasteiger charge is -2.15. The zero-order valence-electron chi connectivity index (χ0n) is 16.3. The quantitative estimate of drug-likeness (QED) is 0.621. The van der Waals surface area contributed by atoms with Crippen LogP contribution in [0.4, 0.5) is 0 Å². The fraction of sp³-hybridized carbons (Fsp3) is 0.450. The lowest BCUT2D eigenvalue weighted by Crippen LogP contribution is -2.29. The first-order chi connectivity index (χ1) is 14.1. The van der Waals surface area contributed by atoms with Crippen molar-refractivity contribution in [2.45, 2.75) is 38.7 Å². The molecule has 2 atom stereocenters. The molecule has 9 heteroatoms. The molecule has 9 nitrogen and oxygen atoms in total. The maximum Gasteiger partial charge on any atom is 0.226 e. The van der Waals surface area contributed by atoms with E-state index in [9.17, 15) is 9.90 Å². The molecule has 3 aromatic rings. The second-order valence-electron chi connectivity index (χ2n) is 7.47. The number of aromatic nitrogens is 5. The van der Waals surface area contributed by atoms with Gasteiger partial charge in [0.05, 0.1) is 11.8 Å². The number of carbonyl (C=O) groups excluding carboxylic acids is 1. The molecule has 1 aliphatic heterocycles. The van der Waals surface area contributed by atoms with Crippen LogP contribution in [0.3, 0.4) is 0 Å². The molecule has 0 bridgehead atoms. The van der Waals surface area contributed by atoms with E-state index in [2.05, 4.69) is 25.3 Å². The van der Waals surface area contributed by atoms with Crippen LogP contribution in [0.5, 0.6) is 0 Å². The van der Waals surface area contributed by atoms with Gasteiger partial charge in [-0.1, -0.05) is 5.16 Å². The largest absolute Gasteiger partial charge is 0.391 e. The van der Waals surface area contributed by atoms with E-state index in [4.69, 9.17) is 4.52 Å². The van der Waals surface area contributed by atoms with Crippen LogP contribution in [0, 0.1) is 12.8 Å². The highest BCUT2D eigenvalue weighted by Gasteiger charge is 2.34. The summed E-state index contributed by atoms with van der Waals surface area (Å²) in [6.45, 7) is 2.87. The number of hydrogen-bond donors (Lipinski definition) is 2. The van der Waals surface area contributed by atoms with Crippen LogP contribution >= 0.6 is 0 Å². The number of aliphatic hydroxyl groups is 1. The fourth-order valence-corrected chi connectivity index (χ4v) is 3.63. The lowest BCUT2D eigenvalue weighted by atomic mass is 10.0. The molecule has 152 valence electrons. The third-order valence-corrected chi connectivity index (χ3v) is 5.18. The minimum atomic E-state index is -0.519. The van der Waals surface area contributed by atoms with Gasteiger partial charge in [-0.05, 0) is 38.0 Å². The van der Waals surface area contributed by atoms with Crippen molar-refractivity contribution in [1.82, 2.24) is 30.2 Å². The van der Waals surface area contributed by atoms with Gasteiger partial charge in [0.2, 0.25) is 17.6 Å². The summed E-state index contributed by atoms with van der Waals surface area (Å²) < 4.78 is 5.27. The van der Waals surface area contributed by atoms with Crippen LogP contribution < -0.4 is 0 Å². The summed E-state index contributed by atoms with van der Waals surface area (Å²) in [5, 5.41) is 21.4. The van der Waals surface area contributed by atoms with Gasteiger partial charge in [-0.15, -0.1) is 0 Å². The number of nitrogens with one attached hydrogen (secondary N) is 1. The number of pyridine rings is 1. The monoisotopic (exact) mass is 396 g/mol. The number of aromatic amines is 1. The van der Waals surface area contributed by atoms with Crippen molar-refractivity contribution in [1.29, 1.82) is 0 Å². The van der Waals surface area contributed by atoms with Crippen LogP contribution in [-0.2, 0) is 17.6 Å². The Hall–Kier alpha value is -3.07. The average Bonchev–Trinajstić information content (AvgIpc) is 3.44. The Labute approximate surface area is 168 Å². The molecule has 4 heterocycles. The molecule has 1 fully saturated rings. The van der Waals surface area contributed by atoms with Crippen LogP contribution in [-0.4, -0.2) is 60.4 Å². The maximum atomic E-state index is 12.5. The minimum absolute atomic E-state index is 0.0144. The molecule has 1 saturated heterocycles. The molecule has 0 saturated carbocycles. The van der Waals surface area contributed by atoms with Crippen LogP contribution in [0.25, 0.3) is 11.4 Å². The summed E-state index contributed by atoms with van der Waals surface area (Å²) in [5.41, 5.74) is 2.76. The van der Waals surface area contributed by atoms with Gasteiger partial charge < -0.3 is 14.5 Å². The summed E-state index contributed by atoms with van der Waals surface area (Å²) in [7, 11) is 0. The number of amides is 1. The molecule has 0 aromatic carbocycles. The van der Waals surface area contributed by atoms with Gasteiger partial charge >= 0.3 is 0 Å². The number of β-amino-alcohol motifs (C(OH)–C–C–N with tert-alkyl or cyclic N) is 1. The predicted molar refractivity (Wildman–Crippen MR) is 104 cm³/mol. The highest BCUT2D eigenvalue weighted by molar-refractivity contribution is 5.76. The summed E-state index contributed by atoms with van der Waals surface area (Å²) in [6.07, 6.45) is 5.03. The Morgan fingerprint density at radius 2 is 2.17 bits per heavy atom. The number of likely N-dealkylation sites (tertiary alicyclic amines) is 1. The number of H-pyrrole nitrogens is 1. The topological polar surface area (TPSA) is 121 Å². The molecule has 4 rings (SSSR count). The minimum Gasteiger partial charge on any atom is -0.391 e. The van der Waals surface area contributed by atoms with Crippen LogP contribution in [0.15, 0.2) is 35.1 Å². The molecule has 0 unspecified atom stereocenters. The van der Waals surface area contributed by atoms with Gasteiger partial charge in [0.15, 0.2) is 0 Å². The second kappa shape index (κ2) is 8.52. The van der Waals surface area contributed by atoms with Crippen molar-refractivity contribution < 1.29 is 14.4 Å². The van der Waals surface area contributed by atoms with Gasteiger partial charge in [-0.25, -0.2) is 0 Å². The predicted octanol–water partition coefficient (Wildman–Crippen LogP) is 1.55. The SMILES string of the molecule is Cc1cc(C[C@@H]2CN(C(=O)CCCc3nc(-c4ccncc4)no3)C[C@H]2O)n[nH]1. The number of hydrogen-bond acceptors (Lipinski definition) is 7. The van der Waals surface area contributed by atoms with E-state index in [0.29, 0.717) is 50.5 Å². The molecule has 0 spiro atoms. The normalized spacial score (nSPS) is 19.0. The molecule has 3 aromatic heterocycles. The van der Waals surface area contributed by atoms with Crippen LogP contribution in [0.2, 0.25) is 0 Å². The first-order valence-electron chi connectivity index (χ1n) is 9.78. The zero-order valence-corrected chi connectivity index (χ0v) is 16.3. The first-order valence-corrected chi connectivity index (χ1v) is 9.78. The smallest absolute Gasteiger partial charge is 0.226 e. The van der Waals surface area contributed by atoms with E-state index >= 15 is 0 Å². The third-order valence-electron chi connectivity index (χ3n) is 5.18. The van der Waals surface area contributed by atoms with E-state index < -0.39 is 6.10 Å². The van der Waals surface area contributed by atoms with Gasteiger partial charge in [-0.2, -0.15) is 10.1 Å². The van der Waals surface area contributed by atoms with Gasteiger partial charge in [-0.3, -0.25) is 14.9 Å². The number of nitrogens with zero attached hydrogens (tertiary/aromatic N) is 5. The van der Waals surface area contributed by atoms with Gasteiger partial charge in [0.1, 0.15) is 0 Å². The van der Waals surface area contributed by atoms with Crippen molar-refractivity contribution in [2.75, 3.05) is 13.1 Å². The Morgan fingerprint density at radius 1 is 1.34 bits per heavy atom. The van der Waals surface area contributed by atoms with E-state index in [1.54, 1.807) is 17.3 Å². The molecule has 0 aliphatic carbocycles. The van der Waals surface area contributed by atoms with Crippen molar-refractivity contribution in [3.05, 3.63) is 47.9 Å². The standard InChI is InChI=1S/C20H24N6O3/c1-13-9-16(24-23-13)10-15-11-26(12-17(15)27)19(28)4-2-3-18-22-20(25-29-18)14-5-7-21-8-6-14/h5-9,15,17,27H,2-4,10-12H2,1H3,(H,23,24)/t15-,17-/m1/s1. The summed E-state index contributed by atoms with van der Waals surface area (Å²) >= 11 is 0. The number of aliphatic hydroxyl groups excluding tert-OH is 1.